The molecule has 0 saturated heterocycles. The van der Waals surface area contributed by atoms with Crippen LogP contribution in [0.5, 0.6) is 0 Å². The molecule has 9 heteroatoms. The van der Waals surface area contributed by atoms with Crippen molar-refractivity contribution in [2.45, 2.75) is 68.9 Å². The van der Waals surface area contributed by atoms with Crippen molar-refractivity contribution >= 4 is 52.2 Å². The second-order valence-corrected chi connectivity index (χ2v) is 9.23. The number of fused-ring (bicyclic) bond motifs is 3. The lowest BCUT2D eigenvalue weighted by atomic mass is 9.76. The SMILES string of the molecule is Cl.Cl.N[C@@H]1CC[C@@H](Nc2c3c(nc4c(Br)cnn24)C2(CCCC2)C(CO)C3)C1. The number of nitrogens with zero attached hydrogens (tertiary/aromatic N) is 3. The predicted molar refractivity (Wildman–Crippen MR) is 119 cm³/mol. The number of nitrogens with one attached hydrogen (secondary N) is 1. The molecule has 2 fully saturated rings. The Morgan fingerprint density at radius 1 is 1.29 bits per heavy atom. The first-order valence-corrected chi connectivity index (χ1v) is 10.6. The minimum Gasteiger partial charge on any atom is -0.396 e. The average molecular weight is 493 g/mol. The summed E-state index contributed by atoms with van der Waals surface area (Å²) < 4.78 is 2.86. The van der Waals surface area contributed by atoms with Gasteiger partial charge in [-0.3, -0.25) is 0 Å². The van der Waals surface area contributed by atoms with Gasteiger partial charge in [-0.1, -0.05) is 12.8 Å². The number of aliphatic hydroxyl groups is 1. The van der Waals surface area contributed by atoms with Gasteiger partial charge in [0.1, 0.15) is 5.82 Å². The molecular formula is C19H28BrCl2N5O. The molecule has 0 aliphatic heterocycles. The van der Waals surface area contributed by atoms with E-state index in [4.69, 9.17) is 10.7 Å². The maximum Gasteiger partial charge on any atom is 0.171 e. The minimum absolute atomic E-state index is 0. The number of halogens is 3. The highest BCUT2D eigenvalue weighted by Gasteiger charge is 2.51. The van der Waals surface area contributed by atoms with Crippen LogP contribution in [-0.2, 0) is 11.8 Å². The Morgan fingerprint density at radius 2 is 2.04 bits per heavy atom. The van der Waals surface area contributed by atoms with E-state index in [1.807, 2.05) is 10.7 Å². The largest absolute Gasteiger partial charge is 0.396 e. The predicted octanol–water partition coefficient (Wildman–Crippen LogP) is 3.60. The number of hydrogen-bond acceptors (Lipinski definition) is 5. The zero-order valence-electron chi connectivity index (χ0n) is 15.7. The molecule has 4 N–H and O–H groups in total. The standard InChI is InChI=1S/C19H26BrN5O.2ClH/c20-15-9-22-25-17(23-13-4-3-12(21)8-13)14-7-11(10-26)19(5-1-2-6-19)16(14)24-18(15)25;;/h9,11-13,23,26H,1-8,10,21H2;2*1H/t11?,12-,13-;;/m1../s1. The summed E-state index contributed by atoms with van der Waals surface area (Å²) in [5.41, 5.74) is 9.50. The molecule has 2 heterocycles. The third-order valence-electron chi connectivity index (χ3n) is 6.94. The van der Waals surface area contributed by atoms with Gasteiger partial charge in [-0.15, -0.1) is 24.8 Å². The van der Waals surface area contributed by atoms with Gasteiger partial charge in [-0.25, -0.2) is 4.98 Å². The Labute approximate surface area is 186 Å². The van der Waals surface area contributed by atoms with E-state index in [-0.39, 0.29) is 48.8 Å². The van der Waals surface area contributed by atoms with Gasteiger partial charge in [-0.05, 0) is 60.4 Å². The van der Waals surface area contributed by atoms with Gasteiger partial charge >= 0.3 is 0 Å². The van der Waals surface area contributed by atoms with Crippen LogP contribution in [0.25, 0.3) is 5.65 Å². The summed E-state index contributed by atoms with van der Waals surface area (Å²) in [5, 5.41) is 18.5. The lowest BCUT2D eigenvalue weighted by Crippen LogP contribution is -2.31. The molecule has 28 heavy (non-hydrogen) atoms. The Kier molecular flexibility index (Phi) is 6.52. The van der Waals surface area contributed by atoms with Crippen molar-refractivity contribution in [2.75, 3.05) is 11.9 Å². The van der Waals surface area contributed by atoms with E-state index in [1.54, 1.807) is 0 Å². The van der Waals surface area contributed by atoms with Gasteiger partial charge in [0.2, 0.25) is 0 Å². The smallest absolute Gasteiger partial charge is 0.171 e. The van der Waals surface area contributed by atoms with Gasteiger partial charge in [0, 0.05) is 29.7 Å². The molecule has 0 bridgehead atoms. The highest BCUT2D eigenvalue weighted by molar-refractivity contribution is 9.10. The first kappa shape index (κ1) is 22.1. The van der Waals surface area contributed by atoms with E-state index in [0.717, 1.165) is 54.5 Å². The van der Waals surface area contributed by atoms with Crippen LogP contribution >= 0.6 is 40.7 Å². The Balaban J connectivity index is 0.00000112. The molecule has 0 amide bonds. The second-order valence-electron chi connectivity index (χ2n) is 8.38. The minimum atomic E-state index is 0. The summed E-state index contributed by atoms with van der Waals surface area (Å²) >= 11 is 3.62. The van der Waals surface area contributed by atoms with Crippen LogP contribution in [0.3, 0.4) is 0 Å². The van der Waals surface area contributed by atoms with E-state index in [9.17, 15) is 5.11 Å². The summed E-state index contributed by atoms with van der Waals surface area (Å²) in [6.07, 6.45) is 10.6. The van der Waals surface area contributed by atoms with E-state index in [1.165, 1.54) is 24.1 Å². The molecule has 1 unspecified atom stereocenters. The molecule has 0 aromatic carbocycles. The van der Waals surface area contributed by atoms with Crippen molar-refractivity contribution in [2.24, 2.45) is 11.7 Å². The third-order valence-corrected chi connectivity index (χ3v) is 7.50. The van der Waals surface area contributed by atoms with Crippen LogP contribution < -0.4 is 11.1 Å². The molecule has 2 aromatic heterocycles. The number of nitrogens with two attached hydrogens (primary N) is 1. The normalized spacial score (nSPS) is 27.6. The highest BCUT2D eigenvalue weighted by Crippen LogP contribution is 2.54. The summed E-state index contributed by atoms with van der Waals surface area (Å²) in [6.45, 7) is 0.230. The molecule has 3 aliphatic carbocycles. The van der Waals surface area contributed by atoms with Crippen LogP contribution in [0, 0.1) is 5.92 Å². The monoisotopic (exact) mass is 491 g/mol. The van der Waals surface area contributed by atoms with Gasteiger partial charge in [0.05, 0.1) is 16.4 Å². The van der Waals surface area contributed by atoms with Crippen LogP contribution in [0.15, 0.2) is 10.7 Å². The number of hydrogen-bond donors (Lipinski definition) is 3. The van der Waals surface area contributed by atoms with Crippen LogP contribution in [0.1, 0.15) is 56.2 Å². The van der Waals surface area contributed by atoms with Gasteiger partial charge in [0.25, 0.3) is 0 Å². The number of rotatable bonds is 3. The van der Waals surface area contributed by atoms with E-state index < -0.39 is 0 Å². The summed E-state index contributed by atoms with van der Waals surface area (Å²) in [4.78, 5) is 5.08. The zero-order valence-corrected chi connectivity index (χ0v) is 19.0. The van der Waals surface area contributed by atoms with E-state index >= 15 is 0 Å². The maximum absolute atomic E-state index is 10.1. The third kappa shape index (κ3) is 3.23. The number of aromatic nitrogens is 3. The quantitative estimate of drug-likeness (QED) is 0.609. The topological polar surface area (TPSA) is 88.5 Å². The fraction of sp³-hybridized carbons (Fsp3) is 0.684. The van der Waals surface area contributed by atoms with Crippen LogP contribution in [-0.4, -0.2) is 38.4 Å². The number of anilines is 1. The van der Waals surface area contributed by atoms with Crippen molar-refractivity contribution in [1.29, 1.82) is 0 Å². The fourth-order valence-corrected chi connectivity index (χ4v) is 5.97. The molecule has 1 spiro atoms. The summed E-state index contributed by atoms with van der Waals surface area (Å²) in [5.74, 6) is 1.33. The van der Waals surface area contributed by atoms with E-state index in [0.29, 0.717) is 6.04 Å². The van der Waals surface area contributed by atoms with Crippen molar-refractivity contribution in [3.63, 3.8) is 0 Å². The first-order valence-electron chi connectivity index (χ1n) is 9.82. The molecular weight excluding hydrogens is 465 g/mol. The van der Waals surface area contributed by atoms with Crippen molar-refractivity contribution < 1.29 is 5.11 Å². The van der Waals surface area contributed by atoms with E-state index in [2.05, 4.69) is 26.3 Å². The van der Waals surface area contributed by atoms with Gasteiger partial charge in [-0.2, -0.15) is 9.61 Å². The Hall–Kier alpha value is -0.600. The lowest BCUT2D eigenvalue weighted by Gasteiger charge is -2.30. The molecule has 2 saturated carbocycles. The average Bonchev–Trinajstić information content (AvgIpc) is 3.39. The molecule has 0 radical (unpaired) electrons. The van der Waals surface area contributed by atoms with Crippen molar-refractivity contribution in [3.8, 4) is 0 Å². The summed E-state index contributed by atoms with van der Waals surface area (Å²) in [6, 6.07) is 0.670. The van der Waals surface area contributed by atoms with Crippen LogP contribution in [0.2, 0.25) is 0 Å². The Morgan fingerprint density at radius 3 is 2.68 bits per heavy atom. The van der Waals surface area contributed by atoms with Gasteiger partial charge in [0.15, 0.2) is 5.65 Å². The van der Waals surface area contributed by atoms with Crippen molar-refractivity contribution in [3.05, 3.63) is 21.9 Å². The molecule has 156 valence electrons. The van der Waals surface area contributed by atoms with Gasteiger partial charge < -0.3 is 16.2 Å². The lowest BCUT2D eigenvalue weighted by molar-refractivity contribution is 0.162. The second kappa shape index (κ2) is 8.26. The first-order chi connectivity index (χ1) is 12.6. The molecule has 3 aliphatic rings. The van der Waals surface area contributed by atoms with Crippen molar-refractivity contribution in [1.82, 2.24) is 14.6 Å². The molecule has 6 nitrogen and oxygen atoms in total. The maximum atomic E-state index is 10.1. The molecule has 3 atom stereocenters. The molecule has 5 rings (SSSR count). The summed E-state index contributed by atoms with van der Waals surface area (Å²) in [7, 11) is 0. The number of aliphatic hydroxyl groups excluding tert-OH is 1. The fourth-order valence-electron chi connectivity index (χ4n) is 5.62. The van der Waals surface area contributed by atoms with Crippen LogP contribution in [0.4, 0.5) is 5.82 Å². The Bertz CT molecular complexity index is 854. The molecule has 2 aromatic rings. The zero-order chi connectivity index (χ0) is 17.9. The highest BCUT2D eigenvalue weighted by atomic mass is 79.9.